The highest BCUT2D eigenvalue weighted by Gasteiger charge is 2.11. The first-order chi connectivity index (χ1) is 8.75. The Hall–Kier alpha value is -1.58. The van der Waals surface area contributed by atoms with Crippen molar-refractivity contribution in [3.8, 4) is 0 Å². The third-order valence-electron chi connectivity index (χ3n) is 3.46. The van der Waals surface area contributed by atoms with Gasteiger partial charge in [-0.3, -0.25) is 0 Å². The van der Waals surface area contributed by atoms with Crippen LogP contribution in [0.4, 0.5) is 5.69 Å². The molecule has 0 aliphatic heterocycles. The van der Waals surface area contributed by atoms with Crippen LogP contribution in [0.1, 0.15) is 55.4 Å². The maximum atomic E-state index is 10.7. The van der Waals surface area contributed by atoms with Crippen molar-refractivity contribution in [1.82, 2.24) is 4.98 Å². The molecule has 18 heavy (non-hydrogen) atoms. The van der Waals surface area contributed by atoms with Crippen LogP contribution < -0.4 is 5.32 Å². The van der Waals surface area contributed by atoms with Crippen LogP contribution in [0.3, 0.4) is 0 Å². The minimum atomic E-state index is -0.979. The van der Waals surface area contributed by atoms with E-state index in [4.69, 9.17) is 5.11 Å². The van der Waals surface area contributed by atoms with Crippen LogP contribution in [0.5, 0.6) is 0 Å². The molecule has 0 unspecified atom stereocenters. The van der Waals surface area contributed by atoms with Gasteiger partial charge in [-0.1, -0.05) is 32.1 Å². The van der Waals surface area contributed by atoms with E-state index in [1.54, 1.807) is 18.3 Å². The second-order valence-corrected chi connectivity index (χ2v) is 4.92. The molecule has 0 radical (unpaired) electrons. The Labute approximate surface area is 107 Å². The molecule has 2 rings (SSSR count). The van der Waals surface area contributed by atoms with Gasteiger partial charge >= 0.3 is 5.97 Å². The standard InChI is InChI=1S/C14H20N2O2/c17-14(18)13-9-8-12(10-15-13)16-11-6-4-2-1-3-5-7-11/h8-11,16H,1-7H2,(H,17,18). The summed E-state index contributed by atoms with van der Waals surface area (Å²) in [6.45, 7) is 0. The second kappa shape index (κ2) is 6.38. The van der Waals surface area contributed by atoms with Gasteiger partial charge in [-0.15, -0.1) is 0 Å². The molecule has 0 saturated heterocycles. The predicted molar refractivity (Wildman–Crippen MR) is 70.9 cm³/mol. The number of pyridine rings is 1. The van der Waals surface area contributed by atoms with Gasteiger partial charge < -0.3 is 10.4 Å². The molecule has 0 spiro atoms. The first-order valence-corrected chi connectivity index (χ1v) is 6.71. The molecule has 4 heteroatoms. The molecule has 1 heterocycles. The van der Waals surface area contributed by atoms with Gasteiger partial charge in [0.2, 0.25) is 0 Å². The fraction of sp³-hybridized carbons (Fsp3) is 0.571. The van der Waals surface area contributed by atoms with Gasteiger partial charge in [-0.05, 0) is 25.0 Å². The van der Waals surface area contributed by atoms with E-state index in [2.05, 4.69) is 10.3 Å². The number of hydrogen-bond donors (Lipinski definition) is 2. The first-order valence-electron chi connectivity index (χ1n) is 6.71. The Morgan fingerprint density at radius 3 is 2.39 bits per heavy atom. The molecule has 0 aromatic carbocycles. The third kappa shape index (κ3) is 3.72. The highest BCUT2D eigenvalue weighted by molar-refractivity contribution is 5.85. The van der Waals surface area contributed by atoms with E-state index in [0.717, 1.165) is 5.69 Å². The van der Waals surface area contributed by atoms with Gasteiger partial charge in [-0.25, -0.2) is 9.78 Å². The molecule has 0 bridgehead atoms. The summed E-state index contributed by atoms with van der Waals surface area (Å²) in [5.74, 6) is -0.979. The van der Waals surface area contributed by atoms with Crippen molar-refractivity contribution in [1.29, 1.82) is 0 Å². The predicted octanol–water partition coefficient (Wildman–Crippen LogP) is 3.30. The number of nitrogens with zero attached hydrogens (tertiary/aromatic N) is 1. The number of carboxylic acid groups (broad SMARTS) is 1. The molecule has 1 aromatic rings. The van der Waals surface area contributed by atoms with Crippen molar-refractivity contribution in [3.63, 3.8) is 0 Å². The number of carboxylic acids is 1. The van der Waals surface area contributed by atoms with Gasteiger partial charge in [0.1, 0.15) is 5.69 Å². The fourth-order valence-corrected chi connectivity index (χ4v) is 2.44. The minimum absolute atomic E-state index is 0.0956. The van der Waals surface area contributed by atoms with Gasteiger partial charge in [-0.2, -0.15) is 0 Å². The Balaban J connectivity index is 1.92. The average molecular weight is 248 g/mol. The lowest BCUT2D eigenvalue weighted by atomic mass is 9.96. The van der Waals surface area contributed by atoms with Gasteiger partial charge in [0.15, 0.2) is 0 Å². The molecule has 1 saturated carbocycles. The SMILES string of the molecule is O=C(O)c1ccc(NC2CCCCCCC2)cn1. The van der Waals surface area contributed by atoms with Crippen LogP contribution in [0.2, 0.25) is 0 Å². The first kappa shape index (κ1) is 12.9. The van der Waals surface area contributed by atoms with E-state index in [1.165, 1.54) is 44.9 Å². The van der Waals surface area contributed by atoms with Gasteiger partial charge in [0.25, 0.3) is 0 Å². The number of nitrogens with one attached hydrogen (secondary N) is 1. The van der Waals surface area contributed by atoms with E-state index in [0.29, 0.717) is 6.04 Å². The zero-order chi connectivity index (χ0) is 12.8. The highest BCUT2D eigenvalue weighted by atomic mass is 16.4. The van der Waals surface area contributed by atoms with E-state index in [9.17, 15) is 4.79 Å². The van der Waals surface area contributed by atoms with Crippen molar-refractivity contribution in [2.75, 3.05) is 5.32 Å². The summed E-state index contributed by atoms with van der Waals surface area (Å²) in [5.41, 5.74) is 1.02. The van der Waals surface area contributed by atoms with Crippen LogP contribution in [0, 0.1) is 0 Å². The molecule has 1 aromatic heterocycles. The molecule has 98 valence electrons. The smallest absolute Gasteiger partial charge is 0.354 e. The molecule has 1 aliphatic rings. The van der Waals surface area contributed by atoms with Gasteiger partial charge in [0.05, 0.1) is 11.9 Å². The lowest BCUT2D eigenvalue weighted by Crippen LogP contribution is -2.20. The Bertz CT molecular complexity index is 381. The number of hydrogen-bond acceptors (Lipinski definition) is 3. The Morgan fingerprint density at radius 2 is 1.83 bits per heavy atom. The number of rotatable bonds is 3. The summed E-state index contributed by atoms with van der Waals surface area (Å²) in [6.07, 6.45) is 10.6. The summed E-state index contributed by atoms with van der Waals surface area (Å²) in [4.78, 5) is 14.6. The average Bonchev–Trinajstić information content (AvgIpc) is 2.33. The number of aromatic carboxylic acids is 1. The Kier molecular flexibility index (Phi) is 4.56. The van der Waals surface area contributed by atoms with Crippen LogP contribution >= 0.6 is 0 Å². The van der Waals surface area contributed by atoms with E-state index < -0.39 is 5.97 Å². The zero-order valence-corrected chi connectivity index (χ0v) is 10.6. The number of aromatic nitrogens is 1. The number of carbonyl (C=O) groups is 1. The maximum absolute atomic E-state index is 10.7. The maximum Gasteiger partial charge on any atom is 0.354 e. The second-order valence-electron chi connectivity index (χ2n) is 4.92. The Morgan fingerprint density at radius 1 is 1.17 bits per heavy atom. The van der Waals surface area contributed by atoms with Crippen molar-refractivity contribution in [2.45, 2.75) is 51.0 Å². The topological polar surface area (TPSA) is 62.2 Å². The lowest BCUT2D eigenvalue weighted by molar-refractivity contribution is 0.0690. The van der Waals surface area contributed by atoms with Crippen molar-refractivity contribution < 1.29 is 9.90 Å². The number of anilines is 1. The fourth-order valence-electron chi connectivity index (χ4n) is 2.44. The molecular weight excluding hydrogens is 228 g/mol. The molecule has 1 aliphatic carbocycles. The molecule has 1 fully saturated rings. The monoisotopic (exact) mass is 248 g/mol. The van der Waals surface area contributed by atoms with E-state index in [1.807, 2.05) is 0 Å². The molecule has 0 amide bonds. The molecular formula is C14H20N2O2. The summed E-state index contributed by atoms with van der Waals surface area (Å²) >= 11 is 0. The molecule has 2 N–H and O–H groups in total. The summed E-state index contributed by atoms with van der Waals surface area (Å²) < 4.78 is 0. The van der Waals surface area contributed by atoms with E-state index >= 15 is 0 Å². The van der Waals surface area contributed by atoms with Crippen LogP contribution in [0.25, 0.3) is 0 Å². The summed E-state index contributed by atoms with van der Waals surface area (Å²) in [5, 5.41) is 12.2. The zero-order valence-electron chi connectivity index (χ0n) is 10.6. The summed E-state index contributed by atoms with van der Waals surface area (Å²) in [6, 6.07) is 3.85. The van der Waals surface area contributed by atoms with Crippen molar-refractivity contribution in [2.24, 2.45) is 0 Å². The molecule has 4 nitrogen and oxygen atoms in total. The largest absolute Gasteiger partial charge is 0.477 e. The lowest BCUT2D eigenvalue weighted by Gasteiger charge is -2.21. The normalized spacial score (nSPS) is 17.8. The quantitative estimate of drug-likeness (QED) is 0.861. The highest BCUT2D eigenvalue weighted by Crippen LogP contribution is 2.20. The van der Waals surface area contributed by atoms with Crippen LogP contribution in [-0.2, 0) is 0 Å². The van der Waals surface area contributed by atoms with E-state index in [-0.39, 0.29) is 5.69 Å². The summed E-state index contributed by atoms with van der Waals surface area (Å²) in [7, 11) is 0. The van der Waals surface area contributed by atoms with Crippen molar-refractivity contribution in [3.05, 3.63) is 24.0 Å². The minimum Gasteiger partial charge on any atom is -0.477 e. The van der Waals surface area contributed by atoms with Gasteiger partial charge in [0, 0.05) is 6.04 Å². The molecule has 0 atom stereocenters. The van der Waals surface area contributed by atoms with Crippen molar-refractivity contribution >= 4 is 11.7 Å². The van der Waals surface area contributed by atoms with Crippen LogP contribution in [-0.4, -0.2) is 22.1 Å². The van der Waals surface area contributed by atoms with Crippen LogP contribution in [0.15, 0.2) is 18.3 Å². The third-order valence-corrected chi connectivity index (χ3v) is 3.46.